The van der Waals surface area contributed by atoms with Crippen LogP contribution in [-0.4, -0.2) is 34.8 Å². The van der Waals surface area contributed by atoms with Gasteiger partial charge < -0.3 is 14.7 Å². The lowest BCUT2D eigenvalue weighted by Crippen LogP contribution is -2.37. The monoisotopic (exact) mass is 411 g/mol. The number of ether oxygens (including phenoxy) is 1. The van der Waals surface area contributed by atoms with E-state index in [1.165, 1.54) is 0 Å². The number of fused-ring (bicyclic) bond motifs is 1. The lowest BCUT2D eigenvalue weighted by atomic mass is 9.99. The van der Waals surface area contributed by atoms with Crippen molar-refractivity contribution in [3.05, 3.63) is 78.9 Å². The maximum absolute atomic E-state index is 9.66. The molecule has 5 nitrogen and oxygen atoms in total. The molecule has 1 aliphatic rings. The minimum atomic E-state index is 0.218. The predicted octanol–water partition coefficient (Wildman–Crippen LogP) is 5.30. The van der Waals surface area contributed by atoms with E-state index in [9.17, 15) is 5.11 Å². The van der Waals surface area contributed by atoms with Gasteiger partial charge in [0, 0.05) is 30.6 Å². The molecular weight excluding hydrogens is 386 g/mol. The van der Waals surface area contributed by atoms with Crippen molar-refractivity contribution in [3.8, 4) is 22.9 Å². The van der Waals surface area contributed by atoms with Gasteiger partial charge in [0.05, 0.1) is 5.52 Å². The van der Waals surface area contributed by atoms with Crippen molar-refractivity contribution in [1.29, 1.82) is 0 Å². The van der Waals surface area contributed by atoms with Crippen molar-refractivity contribution in [1.82, 2.24) is 9.97 Å². The molecule has 31 heavy (non-hydrogen) atoms. The molecule has 0 bridgehead atoms. The average Bonchev–Trinajstić information content (AvgIpc) is 2.84. The third-order valence-electron chi connectivity index (χ3n) is 5.75. The summed E-state index contributed by atoms with van der Waals surface area (Å²) >= 11 is 0. The fourth-order valence-corrected chi connectivity index (χ4v) is 4.13. The molecule has 1 fully saturated rings. The second-order valence-corrected chi connectivity index (χ2v) is 7.96. The van der Waals surface area contributed by atoms with Crippen LogP contribution in [0, 0.1) is 5.92 Å². The largest absolute Gasteiger partial charge is 0.457 e. The van der Waals surface area contributed by atoms with Gasteiger partial charge in [-0.15, -0.1) is 0 Å². The van der Waals surface area contributed by atoms with Gasteiger partial charge in [-0.2, -0.15) is 0 Å². The number of benzene rings is 3. The van der Waals surface area contributed by atoms with Crippen LogP contribution in [0.1, 0.15) is 12.8 Å². The Balaban J connectivity index is 1.48. The molecule has 1 aromatic heterocycles. The van der Waals surface area contributed by atoms with E-state index in [0.29, 0.717) is 11.7 Å². The molecule has 5 heteroatoms. The van der Waals surface area contributed by atoms with Crippen LogP contribution in [0.3, 0.4) is 0 Å². The number of anilines is 1. The Kier molecular flexibility index (Phi) is 5.50. The van der Waals surface area contributed by atoms with Crippen molar-refractivity contribution >= 4 is 16.7 Å². The van der Waals surface area contributed by atoms with Gasteiger partial charge in [0.2, 0.25) is 0 Å². The zero-order valence-corrected chi connectivity index (χ0v) is 17.3. The number of nitrogens with zero attached hydrogens (tertiary/aromatic N) is 3. The first kappa shape index (κ1) is 19.5. The molecule has 2 heterocycles. The SMILES string of the molecule is OC[C@@H]1CCCN(c2nc(-c3ccc(Oc4ccccc4)cc3)nc3ccccc23)C1. The zero-order chi connectivity index (χ0) is 21.0. The van der Waals surface area contributed by atoms with Gasteiger partial charge in [0.15, 0.2) is 5.82 Å². The van der Waals surface area contributed by atoms with Crippen LogP contribution in [0.15, 0.2) is 78.9 Å². The van der Waals surface area contributed by atoms with E-state index in [2.05, 4.69) is 11.0 Å². The quantitative estimate of drug-likeness (QED) is 0.483. The number of hydrogen-bond acceptors (Lipinski definition) is 5. The molecular formula is C26H25N3O2. The Bertz CT molecular complexity index is 1160. The highest BCUT2D eigenvalue weighted by Crippen LogP contribution is 2.31. The first-order valence-electron chi connectivity index (χ1n) is 10.8. The fraction of sp³-hybridized carbons (Fsp3) is 0.231. The van der Waals surface area contributed by atoms with Gasteiger partial charge in [-0.3, -0.25) is 0 Å². The number of piperidine rings is 1. The van der Waals surface area contributed by atoms with Gasteiger partial charge in [0.25, 0.3) is 0 Å². The van der Waals surface area contributed by atoms with Crippen LogP contribution < -0.4 is 9.64 Å². The van der Waals surface area contributed by atoms with E-state index in [1.54, 1.807) is 0 Å². The third kappa shape index (κ3) is 4.23. The molecule has 0 amide bonds. The molecule has 5 rings (SSSR count). The number of hydrogen-bond donors (Lipinski definition) is 1. The standard InChI is InChI=1S/C26H25N3O2/c30-18-19-7-6-16-29(17-19)26-23-10-4-5-11-24(23)27-25(28-26)20-12-14-22(15-13-20)31-21-8-2-1-3-9-21/h1-5,8-15,19,30H,6-7,16-18H2/t19-/m1/s1. The van der Waals surface area contributed by atoms with Crippen LogP contribution in [-0.2, 0) is 0 Å². The van der Waals surface area contributed by atoms with Gasteiger partial charge in [0.1, 0.15) is 17.3 Å². The number of aromatic nitrogens is 2. The Labute approximate surface area is 182 Å². The summed E-state index contributed by atoms with van der Waals surface area (Å²) in [6.07, 6.45) is 2.12. The Morgan fingerprint density at radius 3 is 2.42 bits per heavy atom. The number of rotatable bonds is 5. The van der Waals surface area contributed by atoms with Crippen molar-refractivity contribution in [2.45, 2.75) is 12.8 Å². The Morgan fingerprint density at radius 2 is 1.61 bits per heavy atom. The number of aliphatic hydroxyl groups is 1. The van der Waals surface area contributed by atoms with Gasteiger partial charge >= 0.3 is 0 Å². The summed E-state index contributed by atoms with van der Waals surface area (Å²) in [4.78, 5) is 12.1. The van der Waals surface area contributed by atoms with E-state index in [0.717, 1.165) is 59.7 Å². The normalized spacial score (nSPS) is 16.4. The minimum Gasteiger partial charge on any atom is -0.457 e. The third-order valence-corrected chi connectivity index (χ3v) is 5.75. The molecule has 1 atom stereocenters. The maximum atomic E-state index is 9.66. The fourth-order valence-electron chi connectivity index (χ4n) is 4.13. The van der Waals surface area contributed by atoms with Crippen molar-refractivity contribution < 1.29 is 9.84 Å². The highest BCUT2D eigenvalue weighted by molar-refractivity contribution is 5.91. The molecule has 4 aromatic rings. The summed E-state index contributed by atoms with van der Waals surface area (Å²) < 4.78 is 5.91. The predicted molar refractivity (Wildman–Crippen MR) is 124 cm³/mol. The highest BCUT2D eigenvalue weighted by Gasteiger charge is 2.23. The molecule has 0 radical (unpaired) electrons. The van der Waals surface area contributed by atoms with E-state index < -0.39 is 0 Å². The lowest BCUT2D eigenvalue weighted by Gasteiger charge is -2.33. The van der Waals surface area contributed by atoms with Gasteiger partial charge in [-0.05, 0) is 67.3 Å². The minimum absolute atomic E-state index is 0.218. The van der Waals surface area contributed by atoms with E-state index in [-0.39, 0.29) is 6.61 Å². The second kappa shape index (κ2) is 8.74. The van der Waals surface area contributed by atoms with Crippen LogP contribution in [0.4, 0.5) is 5.82 Å². The molecule has 1 saturated heterocycles. The first-order valence-corrected chi connectivity index (χ1v) is 10.8. The van der Waals surface area contributed by atoms with E-state index >= 15 is 0 Å². The summed E-state index contributed by atoms with van der Waals surface area (Å²) in [6, 6.07) is 25.8. The van der Waals surface area contributed by atoms with E-state index in [4.69, 9.17) is 14.7 Å². The van der Waals surface area contributed by atoms with E-state index in [1.807, 2.05) is 72.8 Å². The van der Waals surface area contributed by atoms with Crippen LogP contribution in [0.5, 0.6) is 11.5 Å². The van der Waals surface area contributed by atoms with Crippen LogP contribution in [0.2, 0.25) is 0 Å². The maximum Gasteiger partial charge on any atom is 0.162 e. The molecule has 1 N–H and O–H groups in total. The number of para-hydroxylation sites is 2. The smallest absolute Gasteiger partial charge is 0.162 e. The molecule has 0 unspecified atom stereocenters. The van der Waals surface area contributed by atoms with Crippen molar-refractivity contribution in [2.24, 2.45) is 5.92 Å². The lowest BCUT2D eigenvalue weighted by molar-refractivity contribution is 0.208. The molecule has 3 aromatic carbocycles. The summed E-state index contributed by atoms with van der Waals surface area (Å²) in [5.74, 6) is 3.52. The molecule has 156 valence electrons. The summed E-state index contributed by atoms with van der Waals surface area (Å²) in [5.41, 5.74) is 1.88. The van der Waals surface area contributed by atoms with Gasteiger partial charge in [-0.1, -0.05) is 30.3 Å². The molecule has 1 aliphatic heterocycles. The summed E-state index contributed by atoms with van der Waals surface area (Å²) in [6.45, 7) is 1.98. The second-order valence-electron chi connectivity index (χ2n) is 7.96. The Morgan fingerprint density at radius 1 is 0.871 bits per heavy atom. The van der Waals surface area contributed by atoms with Crippen LogP contribution in [0.25, 0.3) is 22.3 Å². The summed E-state index contributed by atoms with van der Waals surface area (Å²) in [5, 5.41) is 10.7. The van der Waals surface area contributed by atoms with Crippen molar-refractivity contribution in [2.75, 3.05) is 24.6 Å². The van der Waals surface area contributed by atoms with Gasteiger partial charge in [-0.25, -0.2) is 9.97 Å². The average molecular weight is 412 g/mol. The topological polar surface area (TPSA) is 58.5 Å². The number of aliphatic hydroxyl groups excluding tert-OH is 1. The Hall–Kier alpha value is -3.44. The molecule has 0 spiro atoms. The van der Waals surface area contributed by atoms with Crippen LogP contribution >= 0.6 is 0 Å². The first-order chi connectivity index (χ1) is 15.3. The zero-order valence-electron chi connectivity index (χ0n) is 17.3. The molecule has 0 aliphatic carbocycles. The van der Waals surface area contributed by atoms with Crippen molar-refractivity contribution in [3.63, 3.8) is 0 Å². The molecule has 0 saturated carbocycles. The summed E-state index contributed by atoms with van der Waals surface area (Å²) in [7, 11) is 0. The highest BCUT2D eigenvalue weighted by atomic mass is 16.5.